The maximum absolute atomic E-state index is 5.89. The normalized spacial score (nSPS) is 10.5. The van der Waals surface area contributed by atoms with Crippen molar-refractivity contribution in [1.82, 2.24) is 9.97 Å². The van der Waals surface area contributed by atoms with Crippen LogP contribution in [0.2, 0.25) is 10.4 Å². The van der Waals surface area contributed by atoms with Gasteiger partial charge in [0.25, 0.3) is 0 Å². The number of aromatic nitrogens is 2. The monoisotopic (exact) mass is 330 g/mol. The van der Waals surface area contributed by atoms with Gasteiger partial charge in [-0.1, -0.05) is 41.9 Å². The third-order valence-corrected chi connectivity index (χ3v) is 3.43. The summed E-state index contributed by atoms with van der Waals surface area (Å²) in [5, 5.41) is 0.450. The molecular weight excluding hydrogens is 319 g/mol. The highest BCUT2D eigenvalue weighted by Gasteiger charge is 2.05. The van der Waals surface area contributed by atoms with Gasteiger partial charge in [0, 0.05) is 11.6 Å². The Labute approximate surface area is 138 Å². The van der Waals surface area contributed by atoms with Crippen molar-refractivity contribution in [2.24, 2.45) is 0 Å². The third-order valence-electron chi connectivity index (χ3n) is 3.07. The van der Waals surface area contributed by atoms with Crippen LogP contribution >= 0.6 is 23.2 Å². The molecule has 3 aromatic rings. The summed E-state index contributed by atoms with van der Waals surface area (Å²) in [6.45, 7) is 0.533. The molecular formula is C17H12Cl2N2O. The Morgan fingerprint density at radius 2 is 1.59 bits per heavy atom. The minimum Gasteiger partial charge on any atom is -0.489 e. The summed E-state index contributed by atoms with van der Waals surface area (Å²) in [4.78, 5) is 7.99. The summed E-state index contributed by atoms with van der Waals surface area (Å²) in [7, 11) is 0. The molecule has 0 bridgehead atoms. The van der Waals surface area contributed by atoms with Gasteiger partial charge in [0.05, 0.1) is 5.69 Å². The van der Waals surface area contributed by atoms with Gasteiger partial charge in [-0.2, -0.15) is 0 Å². The van der Waals surface area contributed by atoms with Crippen LogP contribution in [0.5, 0.6) is 5.75 Å². The van der Waals surface area contributed by atoms with Gasteiger partial charge in [-0.3, -0.25) is 0 Å². The van der Waals surface area contributed by atoms with E-state index in [-0.39, 0.29) is 5.28 Å². The van der Waals surface area contributed by atoms with Crippen LogP contribution in [0.15, 0.2) is 60.7 Å². The summed E-state index contributed by atoms with van der Waals surface area (Å²) >= 11 is 11.7. The first-order valence-electron chi connectivity index (χ1n) is 6.68. The topological polar surface area (TPSA) is 35.0 Å². The average Bonchev–Trinajstić information content (AvgIpc) is 2.53. The van der Waals surface area contributed by atoms with E-state index < -0.39 is 0 Å². The summed E-state index contributed by atoms with van der Waals surface area (Å²) in [6.07, 6.45) is 0. The van der Waals surface area contributed by atoms with Crippen molar-refractivity contribution in [2.45, 2.75) is 6.61 Å². The lowest BCUT2D eigenvalue weighted by molar-refractivity contribution is 0.306. The second kappa shape index (κ2) is 6.77. The average molecular weight is 331 g/mol. The molecule has 2 aromatic carbocycles. The fraction of sp³-hybridized carbons (Fsp3) is 0.0588. The largest absolute Gasteiger partial charge is 0.489 e. The van der Waals surface area contributed by atoms with Gasteiger partial charge in [-0.25, -0.2) is 9.97 Å². The van der Waals surface area contributed by atoms with Crippen LogP contribution in [0.3, 0.4) is 0 Å². The number of ether oxygens (including phenoxy) is 1. The fourth-order valence-electron chi connectivity index (χ4n) is 2.00. The first kappa shape index (κ1) is 14.8. The lowest BCUT2D eigenvalue weighted by Crippen LogP contribution is -1.95. The van der Waals surface area contributed by atoms with Crippen LogP contribution in [0.25, 0.3) is 11.3 Å². The zero-order chi connectivity index (χ0) is 15.4. The molecule has 3 nitrogen and oxygen atoms in total. The van der Waals surface area contributed by atoms with Gasteiger partial charge in [-0.05, 0) is 41.4 Å². The molecule has 0 aliphatic carbocycles. The Morgan fingerprint density at radius 3 is 2.27 bits per heavy atom. The highest BCUT2D eigenvalue weighted by molar-refractivity contribution is 6.32. The molecule has 0 unspecified atom stereocenters. The number of benzene rings is 2. The Balaban J connectivity index is 1.72. The Kier molecular flexibility index (Phi) is 4.56. The van der Waals surface area contributed by atoms with E-state index in [0.717, 1.165) is 16.9 Å². The number of halogens is 2. The Morgan fingerprint density at radius 1 is 0.864 bits per heavy atom. The standard InChI is InChI=1S/C17H12Cl2N2O/c18-16-10-15(20-17(19)21-16)13-6-8-14(9-7-13)22-11-12-4-2-1-3-5-12/h1-10H,11H2. The Hall–Kier alpha value is -2.10. The SMILES string of the molecule is Clc1cc(-c2ccc(OCc3ccccc3)cc2)nc(Cl)n1. The second-order valence-electron chi connectivity index (χ2n) is 4.64. The van der Waals surface area contributed by atoms with Gasteiger partial charge in [0.1, 0.15) is 17.5 Å². The molecule has 110 valence electrons. The minimum absolute atomic E-state index is 0.131. The molecule has 22 heavy (non-hydrogen) atoms. The molecule has 1 heterocycles. The molecule has 0 aliphatic heterocycles. The van der Waals surface area contributed by atoms with Crippen LogP contribution in [-0.2, 0) is 6.61 Å². The van der Waals surface area contributed by atoms with Gasteiger partial charge < -0.3 is 4.74 Å². The first-order valence-corrected chi connectivity index (χ1v) is 7.43. The molecule has 0 N–H and O–H groups in total. The highest BCUT2D eigenvalue weighted by Crippen LogP contribution is 2.24. The van der Waals surface area contributed by atoms with Crippen LogP contribution < -0.4 is 4.74 Å². The molecule has 0 saturated carbocycles. The van der Waals surface area contributed by atoms with Gasteiger partial charge >= 0.3 is 0 Å². The van der Waals surface area contributed by atoms with Crippen molar-refractivity contribution in [1.29, 1.82) is 0 Å². The number of rotatable bonds is 4. The number of hydrogen-bond acceptors (Lipinski definition) is 3. The molecule has 5 heteroatoms. The zero-order valence-corrected chi connectivity index (χ0v) is 13.1. The lowest BCUT2D eigenvalue weighted by Gasteiger charge is -2.07. The van der Waals surface area contributed by atoms with Gasteiger partial charge in [-0.15, -0.1) is 0 Å². The molecule has 3 rings (SSSR count). The molecule has 0 amide bonds. The quantitative estimate of drug-likeness (QED) is 0.497. The maximum atomic E-state index is 5.89. The predicted molar refractivity (Wildman–Crippen MR) is 88.3 cm³/mol. The zero-order valence-electron chi connectivity index (χ0n) is 11.5. The summed E-state index contributed by atoms with van der Waals surface area (Å²) in [6, 6.07) is 19.3. The van der Waals surface area contributed by atoms with Crippen molar-refractivity contribution < 1.29 is 4.74 Å². The second-order valence-corrected chi connectivity index (χ2v) is 5.37. The number of nitrogens with zero attached hydrogens (tertiary/aromatic N) is 2. The predicted octanol–water partition coefficient (Wildman–Crippen LogP) is 5.03. The van der Waals surface area contributed by atoms with Crippen molar-refractivity contribution in [3.05, 3.63) is 76.7 Å². The maximum Gasteiger partial charge on any atom is 0.224 e. The van der Waals surface area contributed by atoms with E-state index in [1.807, 2.05) is 54.6 Å². The van der Waals surface area contributed by atoms with Gasteiger partial charge in [0.2, 0.25) is 5.28 Å². The number of hydrogen-bond donors (Lipinski definition) is 0. The van der Waals surface area contributed by atoms with Crippen molar-refractivity contribution in [3.8, 4) is 17.0 Å². The fourth-order valence-corrected chi connectivity index (χ4v) is 2.41. The molecule has 0 fully saturated rings. The van der Waals surface area contributed by atoms with E-state index in [4.69, 9.17) is 27.9 Å². The van der Waals surface area contributed by atoms with Crippen LogP contribution in [0, 0.1) is 0 Å². The first-order chi connectivity index (χ1) is 10.7. The minimum atomic E-state index is 0.131. The molecule has 0 spiro atoms. The van der Waals surface area contributed by atoms with Crippen LogP contribution in [-0.4, -0.2) is 9.97 Å². The van der Waals surface area contributed by atoms with Crippen molar-refractivity contribution >= 4 is 23.2 Å². The summed E-state index contributed by atoms with van der Waals surface area (Å²) < 4.78 is 5.75. The van der Waals surface area contributed by atoms with E-state index in [1.54, 1.807) is 6.07 Å². The van der Waals surface area contributed by atoms with Crippen LogP contribution in [0.1, 0.15) is 5.56 Å². The van der Waals surface area contributed by atoms with E-state index in [0.29, 0.717) is 17.5 Å². The van der Waals surface area contributed by atoms with E-state index >= 15 is 0 Å². The van der Waals surface area contributed by atoms with E-state index in [9.17, 15) is 0 Å². The summed E-state index contributed by atoms with van der Waals surface area (Å²) in [5.74, 6) is 0.791. The van der Waals surface area contributed by atoms with Crippen molar-refractivity contribution in [2.75, 3.05) is 0 Å². The smallest absolute Gasteiger partial charge is 0.224 e. The molecule has 0 aliphatic rings. The Bertz CT molecular complexity index is 741. The van der Waals surface area contributed by atoms with Gasteiger partial charge in [0.15, 0.2) is 0 Å². The summed E-state index contributed by atoms with van der Waals surface area (Å²) in [5.41, 5.74) is 2.71. The highest BCUT2D eigenvalue weighted by atomic mass is 35.5. The molecule has 0 saturated heterocycles. The van der Waals surface area contributed by atoms with E-state index in [1.165, 1.54) is 0 Å². The lowest BCUT2D eigenvalue weighted by atomic mass is 10.1. The van der Waals surface area contributed by atoms with E-state index in [2.05, 4.69) is 9.97 Å². The molecule has 0 radical (unpaired) electrons. The third kappa shape index (κ3) is 3.75. The van der Waals surface area contributed by atoms with Crippen molar-refractivity contribution in [3.63, 3.8) is 0 Å². The molecule has 1 aromatic heterocycles. The van der Waals surface area contributed by atoms with Crippen LogP contribution in [0.4, 0.5) is 0 Å². The molecule has 0 atom stereocenters.